The summed E-state index contributed by atoms with van der Waals surface area (Å²) in [6.07, 6.45) is 1.45. The number of rotatable bonds is 7. The van der Waals surface area contributed by atoms with Gasteiger partial charge in [-0.15, -0.1) is 0 Å². The summed E-state index contributed by atoms with van der Waals surface area (Å²) in [7, 11) is 3.03. The van der Waals surface area contributed by atoms with Crippen LogP contribution in [0.2, 0.25) is 5.15 Å². The Morgan fingerprint density at radius 1 is 1.14 bits per heavy atom. The normalized spacial score (nSPS) is 10.7. The summed E-state index contributed by atoms with van der Waals surface area (Å²) in [5.41, 5.74) is 3.71. The van der Waals surface area contributed by atoms with Crippen LogP contribution in [0.5, 0.6) is 11.5 Å². The first-order chi connectivity index (χ1) is 13.6. The third kappa shape index (κ3) is 4.99. The van der Waals surface area contributed by atoms with Gasteiger partial charge < -0.3 is 14.8 Å². The molecule has 28 heavy (non-hydrogen) atoms. The van der Waals surface area contributed by atoms with Crippen molar-refractivity contribution >= 4 is 45.9 Å². The number of aromatic nitrogens is 1. The van der Waals surface area contributed by atoms with Crippen molar-refractivity contribution in [3.8, 4) is 11.5 Å². The quantitative estimate of drug-likeness (QED) is 0.442. The zero-order chi connectivity index (χ0) is 19.9. The second kappa shape index (κ2) is 9.20. The Bertz CT molecular complexity index is 970. The van der Waals surface area contributed by atoms with Gasteiger partial charge in [0.1, 0.15) is 11.5 Å². The van der Waals surface area contributed by atoms with Gasteiger partial charge in [0.2, 0.25) is 0 Å². The minimum absolute atomic E-state index is 0.296. The number of hydrogen-bond acceptors (Lipinski definition) is 7. The molecule has 0 aliphatic rings. The molecule has 0 aliphatic carbocycles. The average Bonchev–Trinajstić information content (AvgIpc) is 3.07. The molecule has 1 heterocycles. The van der Waals surface area contributed by atoms with Gasteiger partial charge >= 0.3 is 0 Å². The molecular weight excluding hydrogens is 400 g/mol. The second-order valence-electron chi connectivity index (χ2n) is 5.47. The highest BCUT2D eigenvalue weighted by atomic mass is 35.5. The maximum absolute atomic E-state index is 12.3. The number of carbonyl (C=O) groups is 1. The number of thiazole rings is 1. The monoisotopic (exact) mass is 416 g/mol. The van der Waals surface area contributed by atoms with Crippen LogP contribution in [-0.2, 0) is 0 Å². The van der Waals surface area contributed by atoms with E-state index in [2.05, 4.69) is 20.8 Å². The molecule has 0 radical (unpaired) electrons. The smallest absolute Gasteiger partial charge is 0.271 e. The minimum atomic E-state index is -0.406. The molecular formula is C19H17ClN4O3S. The summed E-state index contributed by atoms with van der Waals surface area (Å²) in [4.78, 5) is 17.2. The molecule has 3 aromatic rings. The fraction of sp³-hybridized carbons (Fsp3) is 0.105. The fourth-order valence-corrected chi connectivity index (χ4v) is 3.29. The highest BCUT2D eigenvalue weighted by molar-refractivity contribution is 7.17. The van der Waals surface area contributed by atoms with Gasteiger partial charge in [0.05, 0.1) is 25.3 Å². The molecule has 0 unspecified atom stereocenters. The van der Waals surface area contributed by atoms with E-state index in [4.69, 9.17) is 21.1 Å². The summed E-state index contributed by atoms with van der Waals surface area (Å²) in [5, 5.41) is 8.05. The summed E-state index contributed by atoms with van der Waals surface area (Å²) in [5.74, 6) is 0.614. The van der Waals surface area contributed by atoms with Crippen LogP contribution in [0, 0.1) is 0 Å². The number of hydrogen-bond donors (Lipinski definition) is 2. The van der Waals surface area contributed by atoms with E-state index in [-0.39, 0.29) is 0 Å². The number of nitrogens with zero attached hydrogens (tertiary/aromatic N) is 2. The molecule has 2 aromatic carbocycles. The molecule has 0 spiro atoms. The molecule has 0 bridgehead atoms. The largest absolute Gasteiger partial charge is 0.497 e. The van der Waals surface area contributed by atoms with E-state index in [0.717, 1.165) is 5.69 Å². The minimum Gasteiger partial charge on any atom is -0.497 e. The van der Waals surface area contributed by atoms with Crippen molar-refractivity contribution in [2.24, 2.45) is 5.10 Å². The summed E-state index contributed by atoms with van der Waals surface area (Å²) in [6, 6.07) is 14.5. The number of halogens is 1. The number of carbonyl (C=O) groups excluding carboxylic acids is 1. The molecule has 1 aromatic heterocycles. The highest BCUT2D eigenvalue weighted by Crippen LogP contribution is 2.28. The lowest BCUT2D eigenvalue weighted by Crippen LogP contribution is -2.17. The van der Waals surface area contributed by atoms with Crippen LogP contribution in [0.25, 0.3) is 0 Å². The SMILES string of the molecule is COc1cc(OC)cc(C(=O)N/N=C/c2sc(Nc3ccccc3)nc2Cl)c1. The van der Waals surface area contributed by atoms with E-state index in [9.17, 15) is 4.79 Å². The van der Waals surface area contributed by atoms with Crippen molar-refractivity contribution < 1.29 is 14.3 Å². The van der Waals surface area contributed by atoms with E-state index < -0.39 is 5.91 Å². The van der Waals surface area contributed by atoms with Gasteiger partial charge in [-0.05, 0) is 24.3 Å². The summed E-state index contributed by atoms with van der Waals surface area (Å²) in [6.45, 7) is 0. The van der Waals surface area contributed by atoms with Gasteiger partial charge in [-0.25, -0.2) is 10.4 Å². The Morgan fingerprint density at radius 3 is 2.46 bits per heavy atom. The molecule has 3 rings (SSSR count). The van der Waals surface area contributed by atoms with Crippen LogP contribution < -0.4 is 20.2 Å². The molecule has 0 fully saturated rings. The number of ether oxygens (including phenoxy) is 2. The van der Waals surface area contributed by atoms with Crippen molar-refractivity contribution in [1.82, 2.24) is 10.4 Å². The molecule has 144 valence electrons. The predicted octanol–water partition coefficient (Wildman–Crippen LogP) is 4.32. The Morgan fingerprint density at radius 2 is 1.82 bits per heavy atom. The lowest BCUT2D eigenvalue weighted by molar-refractivity contribution is 0.0954. The summed E-state index contributed by atoms with van der Waals surface area (Å²) >= 11 is 7.46. The standard InChI is InChI=1S/C19H17ClN4O3S/c1-26-14-8-12(9-15(10-14)27-2)18(25)24-21-11-16-17(20)23-19(28-16)22-13-6-4-3-5-7-13/h3-11H,1-2H3,(H,22,23)(H,24,25)/b21-11+. The number of nitrogens with one attached hydrogen (secondary N) is 2. The number of hydrazone groups is 1. The van der Waals surface area contributed by atoms with Gasteiger partial charge in [-0.3, -0.25) is 4.79 Å². The highest BCUT2D eigenvalue weighted by Gasteiger charge is 2.10. The Labute approximate surface area is 171 Å². The molecule has 9 heteroatoms. The van der Waals surface area contributed by atoms with Crippen LogP contribution in [0.15, 0.2) is 53.6 Å². The lowest BCUT2D eigenvalue weighted by atomic mass is 10.2. The first kappa shape index (κ1) is 19.7. The first-order valence-electron chi connectivity index (χ1n) is 8.14. The van der Waals surface area contributed by atoms with Crippen molar-refractivity contribution in [2.45, 2.75) is 0 Å². The first-order valence-corrected chi connectivity index (χ1v) is 9.33. The predicted molar refractivity (Wildman–Crippen MR) is 111 cm³/mol. The van der Waals surface area contributed by atoms with E-state index >= 15 is 0 Å². The maximum Gasteiger partial charge on any atom is 0.271 e. The molecule has 1 amide bonds. The molecule has 0 saturated carbocycles. The number of methoxy groups -OCH3 is 2. The Kier molecular flexibility index (Phi) is 6.46. The Balaban J connectivity index is 1.67. The lowest BCUT2D eigenvalue weighted by Gasteiger charge is -2.07. The fourth-order valence-electron chi connectivity index (χ4n) is 2.24. The van der Waals surface area contributed by atoms with E-state index in [1.807, 2.05) is 30.3 Å². The molecule has 7 nitrogen and oxygen atoms in total. The van der Waals surface area contributed by atoms with E-state index in [1.165, 1.54) is 31.8 Å². The number of anilines is 2. The van der Waals surface area contributed by atoms with Gasteiger partial charge in [-0.1, -0.05) is 41.1 Å². The van der Waals surface area contributed by atoms with Crippen LogP contribution in [0.4, 0.5) is 10.8 Å². The third-order valence-electron chi connectivity index (χ3n) is 3.60. The molecule has 0 saturated heterocycles. The van der Waals surface area contributed by atoms with Crippen molar-refractivity contribution in [1.29, 1.82) is 0 Å². The summed E-state index contributed by atoms with van der Waals surface area (Å²) < 4.78 is 10.3. The average molecular weight is 417 g/mol. The number of benzene rings is 2. The van der Waals surface area contributed by atoms with E-state index in [0.29, 0.717) is 32.2 Å². The van der Waals surface area contributed by atoms with Crippen molar-refractivity contribution in [2.75, 3.05) is 19.5 Å². The van der Waals surface area contributed by atoms with Crippen LogP contribution >= 0.6 is 22.9 Å². The van der Waals surface area contributed by atoms with Crippen LogP contribution in [0.1, 0.15) is 15.2 Å². The van der Waals surface area contributed by atoms with Gasteiger partial charge in [0.25, 0.3) is 5.91 Å². The second-order valence-corrected chi connectivity index (χ2v) is 6.85. The zero-order valence-electron chi connectivity index (χ0n) is 15.1. The Hall–Kier alpha value is -3.10. The molecule has 0 aliphatic heterocycles. The molecule has 2 N–H and O–H groups in total. The number of para-hydroxylation sites is 1. The molecule has 0 atom stereocenters. The van der Waals surface area contributed by atoms with Crippen LogP contribution in [-0.4, -0.2) is 31.3 Å². The van der Waals surface area contributed by atoms with Gasteiger partial charge in [-0.2, -0.15) is 5.10 Å². The zero-order valence-corrected chi connectivity index (χ0v) is 16.7. The van der Waals surface area contributed by atoms with E-state index in [1.54, 1.807) is 18.2 Å². The topological polar surface area (TPSA) is 84.8 Å². The van der Waals surface area contributed by atoms with Crippen molar-refractivity contribution in [3.63, 3.8) is 0 Å². The number of amides is 1. The van der Waals surface area contributed by atoms with Gasteiger partial charge in [0, 0.05) is 17.3 Å². The third-order valence-corrected chi connectivity index (χ3v) is 4.90. The maximum atomic E-state index is 12.3. The van der Waals surface area contributed by atoms with Crippen molar-refractivity contribution in [3.05, 3.63) is 64.1 Å². The van der Waals surface area contributed by atoms with Gasteiger partial charge in [0.15, 0.2) is 10.3 Å². The van der Waals surface area contributed by atoms with Crippen LogP contribution in [0.3, 0.4) is 0 Å².